The third-order valence-corrected chi connectivity index (χ3v) is 4.21. The number of nitrogens with zero attached hydrogens (tertiary/aromatic N) is 2. The van der Waals surface area contributed by atoms with Gasteiger partial charge in [0.2, 0.25) is 0 Å². The minimum absolute atomic E-state index is 0.182. The number of nitrogens with one attached hydrogen (secondary N) is 2. The molecule has 8 nitrogen and oxygen atoms in total. The fourth-order valence-corrected chi connectivity index (χ4v) is 2.85. The summed E-state index contributed by atoms with van der Waals surface area (Å²) in [5.41, 5.74) is 3.11. The minimum Gasteiger partial charge on any atom is -0.493 e. The van der Waals surface area contributed by atoms with Crippen LogP contribution in [0.25, 0.3) is 10.9 Å². The lowest BCUT2D eigenvalue weighted by Gasteiger charge is -2.14. The number of methoxy groups -OCH3 is 2. The van der Waals surface area contributed by atoms with Gasteiger partial charge in [0.05, 0.1) is 25.8 Å². The lowest BCUT2D eigenvalue weighted by Crippen LogP contribution is -2.18. The average molecular weight is 396 g/mol. The van der Waals surface area contributed by atoms with E-state index in [1.807, 2.05) is 31.2 Å². The number of rotatable bonds is 6. The van der Waals surface area contributed by atoms with E-state index in [0.717, 1.165) is 22.2 Å². The van der Waals surface area contributed by atoms with Crippen molar-refractivity contribution >= 4 is 34.2 Å². The zero-order chi connectivity index (χ0) is 21.0. The Balaban J connectivity index is 1.87. The summed E-state index contributed by atoms with van der Waals surface area (Å²) in [5, 5.41) is 6.84. The first-order chi connectivity index (χ1) is 13.9. The lowest BCUT2D eigenvalue weighted by molar-refractivity contribution is 0.130. The fourth-order valence-electron chi connectivity index (χ4n) is 2.85. The Kier molecular flexibility index (Phi) is 6.01. The van der Waals surface area contributed by atoms with Crippen molar-refractivity contribution in [2.75, 3.05) is 24.9 Å². The van der Waals surface area contributed by atoms with Crippen LogP contribution >= 0.6 is 0 Å². The molecule has 29 heavy (non-hydrogen) atoms. The van der Waals surface area contributed by atoms with Crippen molar-refractivity contribution in [2.45, 2.75) is 26.9 Å². The SMILES string of the molecule is COc1cc2ncnc(Nc3ccc(NC(=O)OC(C)C)c(C)c3)c2cc1OC. The van der Waals surface area contributed by atoms with Crippen LogP contribution in [-0.2, 0) is 4.74 Å². The van der Waals surface area contributed by atoms with E-state index in [4.69, 9.17) is 14.2 Å². The summed E-state index contributed by atoms with van der Waals surface area (Å²) in [6, 6.07) is 9.22. The highest BCUT2D eigenvalue weighted by atomic mass is 16.6. The van der Waals surface area contributed by atoms with E-state index in [1.54, 1.807) is 34.1 Å². The molecule has 2 aromatic carbocycles. The maximum Gasteiger partial charge on any atom is 0.411 e. The molecule has 152 valence electrons. The van der Waals surface area contributed by atoms with Gasteiger partial charge in [0.15, 0.2) is 11.5 Å². The van der Waals surface area contributed by atoms with Gasteiger partial charge >= 0.3 is 6.09 Å². The third kappa shape index (κ3) is 4.66. The molecule has 2 N–H and O–H groups in total. The molecule has 0 aliphatic rings. The van der Waals surface area contributed by atoms with Crippen LogP contribution in [-0.4, -0.2) is 36.4 Å². The van der Waals surface area contributed by atoms with E-state index in [9.17, 15) is 4.79 Å². The van der Waals surface area contributed by atoms with E-state index < -0.39 is 6.09 Å². The Morgan fingerprint density at radius 2 is 1.76 bits per heavy atom. The maximum absolute atomic E-state index is 11.8. The molecule has 0 aliphatic heterocycles. The van der Waals surface area contributed by atoms with Crippen molar-refractivity contribution in [3.63, 3.8) is 0 Å². The Hall–Kier alpha value is -3.55. The molecule has 0 unspecified atom stereocenters. The van der Waals surface area contributed by atoms with Crippen molar-refractivity contribution in [1.29, 1.82) is 0 Å². The van der Waals surface area contributed by atoms with E-state index in [-0.39, 0.29) is 6.10 Å². The van der Waals surface area contributed by atoms with E-state index >= 15 is 0 Å². The van der Waals surface area contributed by atoms with Gasteiger partial charge in [-0.15, -0.1) is 0 Å². The quantitative estimate of drug-likeness (QED) is 0.626. The number of aromatic nitrogens is 2. The molecule has 0 spiro atoms. The molecule has 0 fully saturated rings. The molecule has 0 saturated carbocycles. The first kappa shape index (κ1) is 20.2. The molecule has 0 aliphatic carbocycles. The van der Waals surface area contributed by atoms with Crippen molar-refractivity contribution in [1.82, 2.24) is 9.97 Å². The smallest absolute Gasteiger partial charge is 0.411 e. The van der Waals surface area contributed by atoms with Crippen LogP contribution < -0.4 is 20.1 Å². The first-order valence-electron chi connectivity index (χ1n) is 9.13. The minimum atomic E-state index is -0.480. The Labute approximate surface area is 169 Å². The number of carbonyl (C=O) groups is 1. The molecule has 1 aromatic heterocycles. The zero-order valence-electron chi connectivity index (χ0n) is 17.1. The predicted octanol–water partition coefficient (Wildman–Crippen LogP) is 4.66. The van der Waals surface area contributed by atoms with Crippen LogP contribution in [0.4, 0.5) is 22.0 Å². The molecule has 0 radical (unpaired) electrons. The first-order valence-corrected chi connectivity index (χ1v) is 9.13. The standard InChI is InChI=1S/C21H24N4O4/c1-12(2)29-21(26)25-16-7-6-14(8-13(16)3)24-20-15-9-18(27-4)19(28-5)10-17(15)22-11-23-20/h6-12H,1-5H3,(H,25,26)(H,22,23,24). The van der Waals surface area contributed by atoms with E-state index in [1.165, 1.54) is 6.33 Å². The van der Waals surface area contributed by atoms with Gasteiger partial charge in [0.1, 0.15) is 12.1 Å². The molecule has 0 bridgehead atoms. The van der Waals surface area contributed by atoms with Crippen molar-refractivity contribution in [3.8, 4) is 11.5 Å². The molecule has 3 rings (SSSR count). The van der Waals surface area contributed by atoms with Gasteiger partial charge in [-0.1, -0.05) is 0 Å². The summed E-state index contributed by atoms with van der Waals surface area (Å²) in [6.45, 7) is 5.51. The summed E-state index contributed by atoms with van der Waals surface area (Å²) >= 11 is 0. The highest BCUT2D eigenvalue weighted by molar-refractivity contribution is 5.93. The van der Waals surface area contributed by atoms with Crippen molar-refractivity contribution in [2.24, 2.45) is 0 Å². The van der Waals surface area contributed by atoms with E-state index in [0.29, 0.717) is 23.0 Å². The number of benzene rings is 2. The number of aryl methyl sites for hydroxylation is 1. The van der Waals surface area contributed by atoms with Crippen molar-refractivity contribution < 1.29 is 19.0 Å². The van der Waals surface area contributed by atoms with Gasteiger partial charge in [-0.05, 0) is 50.6 Å². The van der Waals surface area contributed by atoms with Crippen LogP contribution in [0.15, 0.2) is 36.7 Å². The maximum atomic E-state index is 11.8. The average Bonchev–Trinajstić information content (AvgIpc) is 2.68. The molecule has 0 saturated heterocycles. The van der Waals surface area contributed by atoms with Crippen LogP contribution in [0.2, 0.25) is 0 Å². The number of carbonyl (C=O) groups excluding carboxylic acids is 1. The van der Waals surface area contributed by atoms with Gasteiger partial charge in [-0.3, -0.25) is 5.32 Å². The molecule has 0 atom stereocenters. The topological polar surface area (TPSA) is 94.6 Å². The molecular weight excluding hydrogens is 372 g/mol. The Bertz CT molecular complexity index is 1040. The molecular formula is C21H24N4O4. The zero-order valence-corrected chi connectivity index (χ0v) is 17.1. The van der Waals surface area contributed by atoms with Gasteiger partial charge < -0.3 is 19.5 Å². The monoisotopic (exact) mass is 396 g/mol. The largest absolute Gasteiger partial charge is 0.493 e. The summed E-state index contributed by atoms with van der Waals surface area (Å²) in [7, 11) is 3.17. The highest BCUT2D eigenvalue weighted by Gasteiger charge is 2.12. The highest BCUT2D eigenvalue weighted by Crippen LogP contribution is 2.34. The van der Waals surface area contributed by atoms with E-state index in [2.05, 4.69) is 20.6 Å². The number of hydrogen-bond acceptors (Lipinski definition) is 7. The second-order valence-electron chi connectivity index (χ2n) is 6.68. The molecule has 1 amide bonds. The van der Waals surface area contributed by atoms with Crippen LogP contribution in [0, 0.1) is 6.92 Å². The normalized spacial score (nSPS) is 10.7. The van der Waals surface area contributed by atoms with Gasteiger partial charge in [0, 0.05) is 22.8 Å². The Morgan fingerprint density at radius 1 is 1.03 bits per heavy atom. The van der Waals surface area contributed by atoms with Gasteiger partial charge in [-0.25, -0.2) is 14.8 Å². The van der Waals surface area contributed by atoms with Crippen molar-refractivity contribution in [3.05, 3.63) is 42.2 Å². The second kappa shape index (κ2) is 8.64. The predicted molar refractivity (Wildman–Crippen MR) is 112 cm³/mol. The fraction of sp³-hybridized carbons (Fsp3) is 0.286. The number of fused-ring (bicyclic) bond motifs is 1. The molecule has 8 heteroatoms. The number of hydrogen-bond donors (Lipinski definition) is 2. The summed E-state index contributed by atoms with van der Waals surface area (Å²) in [4.78, 5) is 20.5. The summed E-state index contributed by atoms with van der Waals surface area (Å²) < 4.78 is 15.8. The number of ether oxygens (including phenoxy) is 3. The van der Waals surface area contributed by atoms with Gasteiger partial charge in [0.25, 0.3) is 0 Å². The molecule has 1 heterocycles. The number of anilines is 3. The number of amides is 1. The Morgan fingerprint density at radius 3 is 2.41 bits per heavy atom. The van der Waals surface area contributed by atoms with Crippen LogP contribution in [0.5, 0.6) is 11.5 Å². The van der Waals surface area contributed by atoms with Crippen LogP contribution in [0.3, 0.4) is 0 Å². The molecule has 3 aromatic rings. The summed E-state index contributed by atoms with van der Waals surface area (Å²) in [6.07, 6.45) is 0.825. The summed E-state index contributed by atoms with van der Waals surface area (Å²) in [5.74, 6) is 1.83. The van der Waals surface area contributed by atoms with Gasteiger partial charge in [-0.2, -0.15) is 0 Å². The second-order valence-corrected chi connectivity index (χ2v) is 6.68. The third-order valence-electron chi connectivity index (χ3n) is 4.21. The lowest BCUT2D eigenvalue weighted by atomic mass is 10.1. The van der Waals surface area contributed by atoms with Crippen LogP contribution in [0.1, 0.15) is 19.4 Å².